The molecule has 1 aliphatic heterocycles. The van der Waals surface area contributed by atoms with Crippen molar-refractivity contribution in [1.29, 1.82) is 0 Å². The summed E-state index contributed by atoms with van der Waals surface area (Å²) in [6.07, 6.45) is 3.18. The molecule has 0 spiro atoms. The minimum Gasteiger partial charge on any atom is -0.378 e. The van der Waals surface area contributed by atoms with E-state index in [1.165, 1.54) is 12.0 Å². The number of benzene rings is 1. The predicted molar refractivity (Wildman–Crippen MR) is 108 cm³/mol. The van der Waals surface area contributed by atoms with Crippen LogP contribution in [-0.2, 0) is 4.74 Å². The lowest BCUT2D eigenvalue weighted by Crippen LogP contribution is -2.36. The van der Waals surface area contributed by atoms with E-state index in [0.717, 1.165) is 48.8 Å². The molecule has 1 aliphatic rings. The van der Waals surface area contributed by atoms with E-state index in [4.69, 9.17) is 4.74 Å². The van der Waals surface area contributed by atoms with E-state index >= 15 is 0 Å². The van der Waals surface area contributed by atoms with Gasteiger partial charge in [0.25, 0.3) is 5.56 Å². The first-order valence-corrected chi connectivity index (χ1v) is 9.24. The predicted octanol–water partition coefficient (Wildman–Crippen LogP) is 2.82. The highest BCUT2D eigenvalue weighted by Crippen LogP contribution is 2.27. The molecular weight excluding hydrogens is 354 g/mol. The van der Waals surface area contributed by atoms with E-state index in [0.29, 0.717) is 11.0 Å². The largest absolute Gasteiger partial charge is 0.378 e. The molecule has 0 unspecified atom stereocenters. The van der Waals surface area contributed by atoms with Gasteiger partial charge in [0.15, 0.2) is 0 Å². The van der Waals surface area contributed by atoms with E-state index in [-0.39, 0.29) is 5.56 Å². The third-order valence-corrected chi connectivity index (χ3v) is 5.04. The van der Waals surface area contributed by atoms with E-state index in [2.05, 4.69) is 49.1 Å². The molecule has 0 saturated carbocycles. The van der Waals surface area contributed by atoms with Crippen molar-refractivity contribution >= 4 is 16.7 Å². The maximum Gasteiger partial charge on any atom is 0.260 e. The molecule has 0 amide bonds. The van der Waals surface area contributed by atoms with Crippen LogP contribution in [0.15, 0.2) is 59.8 Å². The summed E-state index contributed by atoms with van der Waals surface area (Å²) in [5.74, 6) is 0. The van der Waals surface area contributed by atoms with Crippen molar-refractivity contribution in [2.24, 2.45) is 0 Å². The highest BCUT2D eigenvalue weighted by molar-refractivity contribution is 5.82. The number of nitrogens with one attached hydrogen (secondary N) is 2. The van der Waals surface area contributed by atoms with Crippen LogP contribution in [0.25, 0.3) is 33.5 Å². The highest BCUT2D eigenvalue weighted by Gasteiger charge is 2.12. The number of morpholine rings is 1. The number of H-pyrrole nitrogens is 2. The zero-order chi connectivity index (χ0) is 18.9. The number of hydrogen-bond donors (Lipinski definition) is 2. The van der Waals surface area contributed by atoms with E-state index in [1.807, 2.05) is 18.2 Å². The van der Waals surface area contributed by atoms with E-state index < -0.39 is 0 Å². The Morgan fingerprint density at radius 3 is 2.57 bits per heavy atom. The van der Waals surface area contributed by atoms with Crippen molar-refractivity contribution in [1.82, 2.24) is 19.9 Å². The minimum atomic E-state index is -0.152. The summed E-state index contributed by atoms with van der Waals surface area (Å²) in [7, 11) is 0. The van der Waals surface area contributed by atoms with Crippen LogP contribution in [0.4, 0.5) is 5.69 Å². The average Bonchev–Trinajstić information content (AvgIpc) is 3.21. The number of hydrogen-bond acceptors (Lipinski definition) is 5. The Labute approximate surface area is 161 Å². The first-order valence-electron chi connectivity index (χ1n) is 9.24. The Morgan fingerprint density at radius 2 is 1.79 bits per heavy atom. The lowest BCUT2D eigenvalue weighted by atomic mass is 10.1. The molecule has 0 atom stereocenters. The molecule has 28 heavy (non-hydrogen) atoms. The van der Waals surface area contributed by atoms with Gasteiger partial charge >= 0.3 is 0 Å². The summed E-state index contributed by atoms with van der Waals surface area (Å²) < 4.78 is 5.42. The molecule has 5 rings (SSSR count). The highest BCUT2D eigenvalue weighted by atomic mass is 16.5. The van der Waals surface area contributed by atoms with Crippen LogP contribution in [0.5, 0.6) is 0 Å². The van der Waals surface area contributed by atoms with Crippen molar-refractivity contribution in [2.75, 3.05) is 31.2 Å². The summed E-state index contributed by atoms with van der Waals surface area (Å²) >= 11 is 0. The maximum absolute atomic E-state index is 11.9. The van der Waals surface area contributed by atoms with Gasteiger partial charge in [-0.1, -0.05) is 12.1 Å². The lowest BCUT2D eigenvalue weighted by Gasteiger charge is -2.28. The number of ether oxygens (including phenoxy) is 1. The zero-order valence-electron chi connectivity index (χ0n) is 15.2. The monoisotopic (exact) mass is 373 g/mol. The van der Waals surface area contributed by atoms with Gasteiger partial charge in [-0.25, -0.2) is 4.98 Å². The van der Waals surface area contributed by atoms with Crippen LogP contribution in [0, 0.1) is 0 Å². The van der Waals surface area contributed by atoms with Crippen LogP contribution >= 0.6 is 0 Å². The van der Waals surface area contributed by atoms with Gasteiger partial charge in [-0.15, -0.1) is 0 Å². The fourth-order valence-corrected chi connectivity index (χ4v) is 3.53. The molecule has 2 N–H and O–H groups in total. The van der Waals surface area contributed by atoms with Gasteiger partial charge in [0.05, 0.1) is 30.6 Å². The second kappa shape index (κ2) is 6.94. The van der Waals surface area contributed by atoms with Crippen LogP contribution < -0.4 is 10.5 Å². The normalized spacial score (nSPS) is 14.5. The van der Waals surface area contributed by atoms with Gasteiger partial charge in [-0.3, -0.25) is 9.78 Å². The van der Waals surface area contributed by atoms with Crippen LogP contribution in [-0.4, -0.2) is 46.2 Å². The molecule has 0 radical (unpaired) electrons. The number of aromatic nitrogens is 4. The molecule has 4 heterocycles. The number of anilines is 1. The Balaban J connectivity index is 1.46. The number of pyridine rings is 1. The second-order valence-corrected chi connectivity index (χ2v) is 6.75. The molecule has 1 fully saturated rings. The van der Waals surface area contributed by atoms with Crippen molar-refractivity contribution in [3.8, 4) is 22.5 Å². The van der Waals surface area contributed by atoms with Gasteiger partial charge in [0.2, 0.25) is 0 Å². The van der Waals surface area contributed by atoms with Crippen molar-refractivity contribution < 1.29 is 4.74 Å². The third kappa shape index (κ3) is 3.05. The van der Waals surface area contributed by atoms with Gasteiger partial charge < -0.3 is 19.6 Å². The molecule has 7 nitrogen and oxygen atoms in total. The lowest BCUT2D eigenvalue weighted by molar-refractivity contribution is 0.122. The molecule has 4 aromatic rings. The standard InChI is InChI=1S/C21H19N5O2/c27-21-17-12-19(25-20(17)23-13-24-21)15-5-6-22-18(11-15)14-1-3-16(4-2-14)26-7-9-28-10-8-26/h1-6,11-13H,7-10H2,(H2,23,24,25,27). The summed E-state index contributed by atoms with van der Waals surface area (Å²) in [4.78, 5) is 28.8. The average molecular weight is 373 g/mol. The van der Waals surface area contributed by atoms with Crippen LogP contribution in [0.2, 0.25) is 0 Å². The summed E-state index contributed by atoms with van der Waals surface area (Å²) in [6.45, 7) is 3.38. The van der Waals surface area contributed by atoms with E-state index in [9.17, 15) is 4.79 Å². The first-order chi connectivity index (χ1) is 13.8. The molecular formula is C21H19N5O2. The molecule has 0 aliphatic carbocycles. The third-order valence-electron chi connectivity index (χ3n) is 5.04. The zero-order valence-corrected chi connectivity index (χ0v) is 15.2. The molecule has 3 aromatic heterocycles. The van der Waals surface area contributed by atoms with Crippen molar-refractivity contribution in [3.63, 3.8) is 0 Å². The minimum absolute atomic E-state index is 0.152. The molecule has 1 saturated heterocycles. The topological polar surface area (TPSA) is 86.9 Å². The number of aromatic amines is 2. The molecule has 140 valence electrons. The molecule has 0 bridgehead atoms. The number of rotatable bonds is 3. The Bertz CT molecular complexity index is 1170. The van der Waals surface area contributed by atoms with Gasteiger partial charge in [-0.2, -0.15) is 0 Å². The van der Waals surface area contributed by atoms with Crippen molar-refractivity contribution in [2.45, 2.75) is 0 Å². The second-order valence-electron chi connectivity index (χ2n) is 6.75. The SMILES string of the molecule is O=c1[nH]cnc2[nH]c(-c3ccnc(-c4ccc(N5CCOCC5)cc4)c3)cc12. The van der Waals surface area contributed by atoms with Crippen molar-refractivity contribution in [3.05, 3.63) is 65.3 Å². The van der Waals surface area contributed by atoms with Gasteiger partial charge in [-0.05, 0) is 30.3 Å². The van der Waals surface area contributed by atoms with Crippen LogP contribution in [0.3, 0.4) is 0 Å². The van der Waals surface area contributed by atoms with Gasteiger partial charge in [0.1, 0.15) is 5.65 Å². The summed E-state index contributed by atoms with van der Waals surface area (Å²) in [5, 5.41) is 0.547. The summed E-state index contributed by atoms with van der Waals surface area (Å²) in [6, 6.07) is 14.2. The molecule has 1 aromatic carbocycles. The Hall–Kier alpha value is -3.45. The smallest absolute Gasteiger partial charge is 0.260 e. The fourth-order valence-electron chi connectivity index (χ4n) is 3.53. The number of nitrogens with zero attached hydrogens (tertiary/aromatic N) is 3. The van der Waals surface area contributed by atoms with E-state index in [1.54, 1.807) is 6.20 Å². The quantitative estimate of drug-likeness (QED) is 0.577. The molecule has 7 heteroatoms. The Morgan fingerprint density at radius 1 is 0.964 bits per heavy atom. The number of fused-ring (bicyclic) bond motifs is 1. The van der Waals surface area contributed by atoms with Crippen LogP contribution in [0.1, 0.15) is 0 Å². The van der Waals surface area contributed by atoms with Gasteiger partial charge in [0, 0.05) is 41.8 Å². The summed E-state index contributed by atoms with van der Waals surface area (Å²) in [5.41, 5.74) is 5.35. The first kappa shape index (κ1) is 16.7. The maximum atomic E-state index is 11.9. The fraction of sp³-hybridized carbons (Fsp3) is 0.190. The Kier molecular flexibility index (Phi) is 4.14.